The molecular weight excluding hydrogens is 252 g/mol. The van der Waals surface area contributed by atoms with Gasteiger partial charge in [-0.25, -0.2) is 5.10 Å². The van der Waals surface area contributed by atoms with Crippen LogP contribution in [-0.4, -0.2) is 38.8 Å². The number of hydrogen-bond donors (Lipinski definition) is 3. The smallest absolute Gasteiger partial charge is 0.337 e. The predicted molar refractivity (Wildman–Crippen MR) is 64.6 cm³/mol. The molecule has 0 unspecified atom stereocenters. The second-order valence-corrected chi connectivity index (χ2v) is 4.43. The van der Waals surface area contributed by atoms with Crippen LogP contribution in [0.5, 0.6) is 6.01 Å². The molecule has 1 fully saturated rings. The third kappa shape index (κ3) is 3.21. The van der Waals surface area contributed by atoms with E-state index >= 15 is 0 Å². The highest BCUT2D eigenvalue weighted by molar-refractivity contribution is 5.91. The van der Waals surface area contributed by atoms with Gasteiger partial charge in [-0.2, -0.15) is 4.98 Å². The molecule has 1 heterocycles. The lowest BCUT2D eigenvalue weighted by molar-refractivity contribution is -0.141. The molecule has 2 rings (SSSR count). The molecular formula is C11H16N4O4. The molecule has 104 valence electrons. The van der Waals surface area contributed by atoms with Crippen molar-refractivity contribution >= 4 is 17.8 Å². The minimum absolute atomic E-state index is 0.174. The number of carboxylic acids is 1. The summed E-state index contributed by atoms with van der Waals surface area (Å²) in [5.74, 6) is -1.57. The first-order valence-electron chi connectivity index (χ1n) is 6.19. The zero-order chi connectivity index (χ0) is 13.8. The Balaban J connectivity index is 1.88. The zero-order valence-corrected chi connectivity index (χ0v) is 10.5. The van der Waals surface area contributed by atoms with Gasteiger partial charge in [-0.3, -0.25) is 14.9 Å². The number of carbonyl (C=O) groups excluding carboxylic acids is 1. The number of nitrogens with one attached hydrogen (secondary N) is 2. The third-order valence-electron chi connectivity index (χ3n) is 3.13. The molecule has 0 radical (unpaired) electrons. The molecule has 0 bridgehead atoms. The summed E-state index contributed by atoms with van der Waals surface area (Å²) in [7, 11) is 0. The van der Waals surface area contributed by atoms with E-state index in [-0.39, 0.29) is 23.8 Å². The largest absolute Gasteiger partial charge is 0.481 e. The Hall–Kier alpha value is -2.12. The monoisotopic (exact) mass is 268 g/mol. The Bertz CT molecular complexity index is 473. The molecule has 19 heavy (non-hydrogen) atoms. The number of amides is 1. The highest BCUT2D eigenvalue weighted by atomic mass is 16.5. The molecule has 2 atom stereocenters. The van der Waals surface area contributed by atoms with Crippen LogP contribution < -0.4 is 10.1 Å². The second kappa shape index (κ2) is 5.68. The minimum atomic E-state index is -0.839. The number of aliphatic carboxylic acids is 1. The second-order valence-electron chi connectivity index (χ2n) is 4.43. The van der Waals surface area contributed by atoms with Crippen LogP contribution >= 0.6 is 0 Å². The van der Waals surface area contributed by atoms with Gasteiger partial charge in [0.2, 0.25) is 11.9 Å². The van der Waals surface area contributed by atoms with Gasteiger partial charge in [-0.05, 0) is 26.2 Å². The molecule has 1 aliphatic carbocycles. The Labute approximate surface area is 109 Å². The van der Waals surface area contributed by atoms with Crippen molar-refractivity contribution in [2.45, 2.75) is 26.2 Å². The fourth-order valence-electron chi connectivity index (χ4n) is 2.16. The maximum atomic E-state index is 11.9. The number of carbonyl (C=O) groups is 2. The van der Waals surface area contributed by atoms with Crippen LogP contribution in [0.3, 0.4) is 0 Å². The normalized spacial score (nSPS) is 22.2. The molecule has 8 heteroatoms. The van der Waals surface area contributed by atoms with Gasteiger partial charge in [-0.1, -0.05) is 0 Å². The van der Waals surface area contributed by atoms with Crippen molar-refractivity contribution in [1.82, 2.24) is 15.2 Å². The molecule has 0 saturated heterocycles. The summed E-state index contributed by atoms with van der Waals surface area (Å²) < 4.78 is 5.06. The number of aromatic nitrogens is 3. The van der Waals surface area contributed by atoms with E-state index in [0.29, 0.717) is 25.9 Å². The molecule has 3 N–H and O–H groups in total. The van der Waals surface area contributed by atoms with E-state index in [2.05, 4.69) is 20.5 Å². The lowest BCUT2D eigenvalue weighted by Gasteiger charge is -2.08. The average molecular weight is 268 g/mol. The topological polar surface area (TPSA) is 117 Å². The number of nitrogens with zero attached hydrogens (tertiary/aromatic N) is 2. The van der Waals surface area contributed by atoms with Gasteiger partial charge in [0, 0.05) is 5.92 Å². The molecule has 0 aliphatic heterocycles. The molecule has 1 aromatic heterocycles. The van der Waals surface area contributed by atoms with Crippen LogP contribution in [0.1, 0.15) is 26.2 Å². The van der Waals surface area contributed by atoms with E-state index in [0.717, 1.165) is 0 Å². The zero-order valence-electron chi connectivity index (χ0n) is 10.5. The van der Waals surface area contributed by atoms with Crippen molar-refractivity contribution in [3.8, 4) is 6.01 Å². The van der Waals surface area contributed by atoms with Gasteiger partial charge in [0.05, 0.1) is 12.5 Å². The van der Waals surface area contributed by atoms with Gasteiger partial charge < -0.3 is 9.84 Å². The number of carboxylic acid groups (broad SMARTS) is 1. The fourth-order valence-corrected chi connectivity index (χ4v) is 2.16. The van der Waals surface area contributed by atoms with Crippen LogP contribution in [0.25, 0.3) is 0 Å². The van der Waals surface area contributed by atoms with Crippen molar-refractivity contribution in [2.75, 3.05) is 11.9 Å². The first kappa shape index (κ1) is 13.3. The highest BCUT2D eigenvalue weighted by Crippen LogP contribution is 2.31. The van der Waals surface area contributed by atoms with Crippen LogP contribution in [0.2, 0.25) is 0 Å². The molecule has 8 nitrogen and oxygen atoms in total. The van der Waals surface area contributed by atoms with Gasteiger partial charge in [-0.15, -0.1) is 5.10 Å². The Morgan fingerprint density at radius 3 is 2.84 bits per heavy atom. The molecule has 0 aromatic carbocycles. The quantitative estimate of drug-likeness (QED) is 0.721. The lowest BCUT2D eigenvalue weighted by atomic mass is 10.0. The summed E-state index contributed by atoms with van der Waals surface area (Å²) in [5, 5.41) is 17.8. The first-order chi connectivity index (χ1) is 9.10. The standard InChI is InChI=1S/C11H16N4O4/c1-2-19-11-13-10(14-15-11)12-8(16)6-3-4-7(5-6)9(17)18/h6-7H,2-5H2,1H3,(H,17,18)(H2,12,13,14,15,16)/t6-,7+/m1/s1. The van der Waals surface area contributed by atoms with Gasteiger partial charge in [0.1, 0.15) is 0 Å². The number of rotatable bonds is 5. The third-order valence-corrected chi connectivity index (χ3v) is 3.13. The van der Waals surface area contributed by atoms with E-state index in [1.165, 1.54) is 0 Å². The van der Waals surface area contributed by atoms with Crippen molar-refractivity contribution < 1.29 is 19.4 Å². The van der Waals surface area contributed by atoms with Gasteiger partial charge >= 0.3 is 12.0 Å². The Morgan fingerprint density at radius 1 is 1.47 bits per heavy atom. The number of aromatic amines is 1. The first-order valence-corrected chi connectivity index (χ1v) is 6.19. The van der Waals surface area contributed by atoms with Gasteiger partial charge in [0.15, 0.2) is 0 Å². The maximum absolute atomic E-state index is 11.9. The average Bonchev–Trinajstić information content (AvgIpc) is 2.98. The van der Waals surface area contributed by atoms with E-state index in [9.17, 15) is 9.59 Å². The van der Waals surface area contributed by atoms with E-state index in [4.69, 9.17) is 9.84 Å². The van der Waals surface area contributed by atoms with Crippen molar-refractivity contribution in [2.24, 2.45) is 11.8 Å². The predicted octanol–water partition coefficient (Wildman–Crippen LogP) is 0.643. The summed E-state index contributed by atoms with van der Waals surface area (Å²) in [6.07, 6.45) is 1.48. The number of H-pyrrole nitrogens is 1. The summed E-state index contributed by atoms with van der Waals surface area (Å²) in [5.41, 5.74) is 0. The van der Waals surface area contributed by atoms with Crippen molar-refractivity contribution in [3.05, 3.63) is 0 Å². The molecule has 1 amide bonds. The number of ether oxygens (including phenoxy) is 1. The molecule has 1 aromatic rings. The van der Waals surface area contributed by atoms with Gasteiger partial charge in [0.25, 0.3) is 0 Å². The van der Waals surface area contributed by atoms with E-state index in [1.807, 2.05) is 0 Å². The molecule has 1 aliphatic rings. The Morgan fingerprint density at radius 2 is 2.21 bits per heavy atom. The van der Waals surface area contributed by atoms with E-state index in [1.54, 1.807) is 6.92 Å². The SMILES string of the molecule is CCOc1n[nH]c(NC(=O)[C@@H]2CC[C@H](C(=O)O)C2)n1. The molecule has 1 saturated carbocycles. The molecule has 0 spiro atoms. The van der Waals surface area contributed by atoms with Crippen LogP contribution in [0, 0.1) is 11.8 Å². The van der Waals surface area contributed by atoms with Crippen LogP contribution in [-0.2, 0) is 9.59 Å². The summed E-state index contributed by atoms with van der Waals surface area (Å²) >= 11 is 0. The van der Waals surface area contributed by atoms with E-state index < -0.39 is 11.9 Å². The van der Waals surface area contributed by atoms with Crippen LogP contribution in [0.15, 0.2) is 0 Å². The Kier molecular flexibility index (Phi) is 3.98. The highest BCUT2D eigenvalue weighted by Gasteiger charge is 2.34. The fraction of sp³-hybridized carbons (Fsp3) is 0.636. The minimum Gasteiger partial charge on any atom is -0.481 e. The summed E-state index contributed by atoms with van der Waals surface area (Å²) in [6.45, 7) is 2.24. The van der Waals surface area contributed by atoms with Crippen LogP contribution in [0.4, 0.5) is 5.95 Å². The maximum Gasteiger partial charge on any atom is 0.337 e. The number of anilines is 1. The summed E-state index contributed by atoms with van der Waals surface area (Å²) in [6, 6.07) is 0.174. The van der Waals surface area contributed by atoms with Crippen molar-refractivity contribution in [1.29, 1.82) is 0 Å². The lowest BCUT2D eigenvalue weighted by Crippen LogP contribution is -2.22. The van der Waals surface area contributed by atoms with Crippen molar-refractivity contribution in [3.63, 3.8) is 0 Å². The summed E-state index contributed by atoms with van der Waals surface area (Å²) in [4.78, 5) is 26.7. The number of hydrogen-bond acceptors (Lipinski definition) is 5.